The highest BCUT2D eigenvalue weighted by atomic mass is 15.2. The maximum Gasteiger partial charge on any atom is 0.0366 e. The summed E-state index contributed by atoms with van der Waals surface area (Å²) in [7, 11) is 0. The molecule has 1 aliphatic carbocycles. The molecule has 5 rings (SSSR count). The van der Waals surface area contributed by atoms with E-state index in [1.165, 1.54) is 63.2 Å². The van der Waals surface area contributed by atoms with Crippen LogP contribution in [0.4, 0.5) is 11.4 Å². The number of para-hydroxylation sites is 1. The molecule has 2 heteroatoms. The van der Waals surface area contributed by atoms with Crippen LogP contribution in [0.25, 0.3) is 0 Å². The van der Waals surface area contributed by atoms with E-state index in [-0.39, 0.29) is 0 Å². The lowest BCUT2D eigenvalue weighted by atomic mass is 9.94. The van der Waals surface area contributed by atoms with E-state index in [1.54, 1.807) is 5.56 Å². The molecule has 2 aromatic carbocycles. The molecule has 124 valence electrons. The quantitative estimate of drug-likeness (QED) is 0.824. The molecule has 3 aliphatic rings. The Bertz CT molecular complexity index is 703. The standard InChI is InChI=1S/C22H26N2/c1-3-7-20(8-4-1)24-16-19-15-22(19,17-24)18-9-11-21(12-10-18)23-13-5-2-6-14-23/h1,3-4,7-12,19H,2,5-6,13-17H2. The molecule has 2 aliphatic heterocycles. The molecule has 0 N–H and O–H groups in total. The molecule has 2 heterocycles. The Balaban J connectivity index is 1.34. The minimum atomic E-state index is 0.427. The lowest BCUT2D eigenvalue weighted by Crippen LogP contribution is -2.29. The predicted molar refractivity (Wildman–Crippen MR) is 101 cm³/mol. The van der Waals surface area contributed by atoms with Crippen molar-refractivity contribution < 1.29 is 0 Å². The molecule has 3 fully saturated rings. The normalized spacial score (nSPS) is 28.8. The van der Waals surface area contributed by atoms with Crippen molar-refractivity contribution in [2.75, 3.05) is 36.0 Å². The lowest BCUT2D eigenvalue weighted by Gasteiger charge is -2.29. The van der Waals surface area contributed by atoms with Crippen molar-refractivity contribution in [2.45, 2.75) is 31.1 Å². The Morgan fingerprint density at radius 1 is 0.750 bits per heavy atom. The maximum atomic E-state index is 2.58. The molecule has 24 heavy (non-hydrogen) atoms. The fourth-order valence-corrected chi connectivity index (χ4v) is 4.92. The van der Waals surface area contributed by atoms with Crippen molar-refractivity contribution in [3.63, 3.8) is 0 Å². The zero-order valence-electron chi connectivity index (χ0n) is 14.3. The largest absolute Gasteiger partial charge is 0.372 e. The molecule has 1 saturated carbocycles. The molecule has 2 nitrogen and oxygen atoms in total. The summed E-state index contributed by atoms with van der Waals surface area (Å²) in [4.78, 5) is 5.13. The number of rotatable bonds is 3. The second-order valence-corrected chi connectivity index (χ2v) is 7.87. The highest BCUT2D eigenvalue weighted by Crippen LogP contribution is 2.59. The average molecular weight is 318 g/mol. The average Bonchev–Trinajstić information content (AvgIpc) is 3.24. The van der Waals surface area contributed by atoms with Gasteiger partial charge in [-0.25, -0.2) is 0 Å². The van der Waals surface area contributed by atoms with E-state index in [0.717, 1.165) is 5.92 Å². The van der Waals surface area contributed by atoms with Crippen LogP contribution in [0.5, 0.6) is 0 Å². The van der Waals surface area contributed by atoms with Crippen LogP contribution >= 0.6 is 0 Å². The highest BCUT2D eigenvalue weighted by Gasteiger charge is 2.60. The van der Waals surface area contributed by atoms with E-state index in [4.69, 9.17) is 0 Å². The predicted octanol–water partition coefficient (Wildman–Crippen LogP) is 4.45. The number of benzene rings is 2. The van der Waals surface area contributed by atoms with Crippen molar-refractivity contribution in [1.29, 1.82) is 0 Å². The van der Waals surface area contributed by atoms with Gasteiger partial charge in [-0.1, -0.05) is 30.3 Å². The minimum absolute atomic E-state index is 0.427. The fraction of sp³-hybridized carbons (Fsp3) is 0.455. The van der Waals surface area contributed by atoms with Crippen LogP contribution < -0.4 is 9.80 Å². The van der Waals surface area contributed by atoms with Crippen molar-refractivity contribution in [3.05, 3.63) is 60.2 Å². The topological polar surface area (TPSA) is 6.48 Å². The lowest BCUT2D eigenvalue weighted by molar-refractivity contribution is 0.577. The number of anilines is 2. The summed E-state index contributed by atoms with van der Waals surface area (Å²) in [6.07, 6.45) is 5.47. The van der Waals surface area contributed by atoms with Gasteiger partial charge in [0, 0.05) is 43.0 Å². The summed E-state index contributed by atoms with van der Waals surface area (Å²) in [5.41, 5.74) is 4.79. The molecule has 0 radical (unpaired) electrons. The molecular weight excluding hydrogens is 292 g/mol. The SMILES string of the molecule is c1ccc(N2CC3CC3(c3ccc(N4CCCCC4)cc3)C2)cc1. The number of nitrogens with zero attached hydrogens (tertiary/aromatic N) is 2. The third-order valence-electron chi connectivity index (χ3n) is 6.43. The summed E-state index contributed by atoms with van der Waals surface area (Å²) in [6.45, 7) is 4.87. The van der Waals surface area contributed by atoms with Gasteiger partial charge in [-0.05, 0) is 61.4 Å². The Labute approximate surface area is 145 Å². The molecule has 2 saturated heterocycles. The third-order valence-corrected chi connectivity index (χ3v) is 6.43. The maximum absolute atomic E-state index is 2.58. The Kier molecular flexibility index (Phi) is 3.32. The van der Waals surface area contributed by atoms with Crippen LogP contribution in [0, 0.1) is 5.92 Å². The number of piperidine rings is 2. The van der Waals surface area contributed by atoms with Gasteiger partial charge in [0.15, 0.2) is 0 Å². The first kappa shape index (κ1) is 14.4. The zero-order valence-corrected chi connectivity index (χ0v) is 14.3. The Morgan fingerprint density at radius 3 is 2.21 bits per heavy atom. The van der Waals surface area contributed by atoms with Gasteiger partial charge < -0.3 is 9.80 Å². The van der Waals surface area contributed by atoms with E-state index in [9.17, 15) is 0 Å². The van der Waals surface area contributed by atoms with Gasteiger partial charge in [0.1, 0.15) is 0 Å². The van der Waals surface area contributed by atoms with Crippen LogP contribution in [-0.2, 0) is 5.41 Å². The van der Waals surface area contributed by atoms with Gasteiger partial charge in [0.2, 0.25) is 0 Å². The van der Waals surface area contributed by atoms with Crippen LogP contribution in [-0.4, -0.2) is 26.2 Å². The van der Waals surface area contributed by atoms with Gasteiger partial charge in [0.25, 0.3) is 0 Å². The van der Waals surface area contributed by atoms with Gasteiger partial charge in [0.05, 0.1) is 0 Å². The van der Waals surface area contributed by atoms with Gasteiger partial charge in [-0.15, -0.1) is 0 Å². The summed E-state index contributed by atoms with van der Waals surface area (Å²) in [6, 6.07) is 20.5. The molecule has 2 unspecified atom stereocenters. The summed E-state index contributed by atoms with van der Waals surface area (Å²) < 4.78 is 0. The molecule has 2 atom stereocenters. The third kappa shape index (κ3) is 2.31. The second kappa shape index (κ2) is 5.54. The van der Waals surface area contributed by atoms with Crippen molar-refractivity contribution in [3.8, 4) is 0 Å². The van der Waals surface area contributed by atoms with E-state index < -0.39 is 0 Å². The van der Waals surface area contributed by atoms with Crippen LogP contribution in [0.2, 0.25) is 0 Å². The minimum Gasteiger partial charge on any atom is -0.372 e. The van der Waals surface area contributed by atoms with Crippen molar-refractivity contribution in [2.24, 2.45) is 5.92 Å². The number of fused-ring (bicyclic) bond motifs is 1. The van der Waals surface area contributed by atoms with E-state index >= 15 is 0 Å². The highest BCUT2D eigenvalue weighted by molar-refractivity contribution is 5.55. The van der Waals surface area contributed by atoms with Crippen molar-refractivity contribution >= 4 is 11.4 Å². The van der Waals surface area contributed by atoms with E-state index in [1.807, 2.05) is 0 Å². The monoisotopic (exact) mass is 318 g/mol. The first-order valence-corrected chi connectivity index (χ1v) is 9.51. The fourth-order valence-electron chi connectivity index (χ4n) is 4.92. The van der Waals surface area contributed by atoms with Crippen LogP contribution in [0.3, 0.4) is 0 Å². The van der Waals surface area contributed by atoms with E-state index in [0.29, 0.717) is 5.41 Å². The summed E-state index contributed by atoms with van der Waals surface area (Å²) in [5, 5.41) is 0. The van der Waals surface area contributed by atoms with Crippen LogP contribution in [0.1, 0.15) is 31.2 Å². The summed E-state index contributed by atoms with van der Waals surface area (Å²) >= 11 is 0. The van der Waals surface area contributed by atoms with Gasteiger partial charge in [-0.2, -0.15) is 0 Å². The van der Waals surface area contributed by atoms with E-state index in [2.05, 4.69) is 64.4 Å². The molecule has 0 amide bonds. The van der Waals surface area contributed by atoms with Gasteiger partial charge >= 0.3 is 0 Å². The Morgan fingerprint density at radius 2 is 1.46 bits per heavy atom. The first-order valence-electron chi connectivity index (χ1n) is 9.51. The summed E-state index contributed by atoms with van der Waals surface area (Å²) in [5.74, 6) is 0.846. The molecule has 0 bridgehead atoms. The second-order valence-electron chi connectivity index (χ2n) is 7.87. The van der Waals surface area contributed by atoms with Crippen LogP contribution in [0.15, 0.2) is 54.6 Å². The first-order chi connectivity index (χ1) is 11.9. The molecule has 0 spiro atoms. The molecule has 2 aromatic rings. The number of hydrogen-bond acceptors (Lipinski definition) is 2. The number of hydrogen-bond donors (Lipinski definition) is 0. The molecular formula is C22H26N2. The molecule has 0 aromatic heterocycles. The van der Waals surface area contributed by atoms with Crippen molar-refractivity contribution in [1.82, 2.24) is 0 Å². The Hall–Kier alpha value is -1.96. The zero-order chi connectivity index (χ0) is 16.0. The van der Waals surface area contributed by atoms with Gasteiger partial charge in [-0.3, -0.25) is 0 Å². The smallest absolute Gasteiger partial charge is 0.0366 e.